The smallest absolute Gasteiger partial charge is 0.361 e. The Balaban J connectivity index is 1.12. The number of benzene rings is 1. The molecule has 0 atom stereocenters. The molecule has 178 valence electrons. The summed E-state index contributed by atoms with van der Waals surface area (Å²) in [6, 6.07) is 10.4. The molecular weight excluding hydrogens is 459 g/mol. The predicted octanol–water partition coefficient (Wildman–Crippen LogP) is 5.77. The number of aromatic amines is 1. The molecule has 9 heteroatoms. The predicted molar refractivity (Wildman–Crippen MR) is 129 cm³/mol. The van der Waals surface area contributed by atoms with Crippen LogP contribution in [-0.4, -0.2) is 52.2 Å². The number of piperidine rings is 1. The summed E-state index contributed by atoms with van der Waals surface area (Å²) >= 11 is 1.12. The number of fused-ring (bicyclic) bond motifs is 2. The van der Waals surface area contributed by atoms with Crippen LogP contribution in [0.2, 0.25) is 0 Å². The fourth-order valence-electron chi connectivity index (χ4n) is 5.64. The summed E-state index contributed by atoms with van der Waals surface area (Å²) in [5, 5.41) is 1.99. The number of hydrogen-bond acceptors (Lipinski definition) is 5. The Morgan fingerprint density at radius 2 is 1.85 bits per heavy atom. The van der Waals surface area contributed by atoms with E-state index in [9.17, 15) is 13.2 Å². The molecule has 1 spiro atoms. The van der Waals surface area contributed by atoms with Gasteiger partial charge in [0.1, 0.15) is 17.0 Å². The Morgan fingerprint density at radius 1 is 1.03 bits per heavy atom. The molecule has 2 aliphatic rings. The van der Waals surface area contributed by atoms with Crippen LogP contribution in [0.4, 0.5) is 19.0 Å². The van der Waals surface area contributed by atoms with Crippen LogP contribution in [0.25, 0.3) is 21.1 Å². The highest BCUT2D eigenvalue weighted by Gasteiger charge is 2.41. The third-order valence-corrected chi connectivity index (χ3v) is 8.44. The molecule has 0 radical (unpaired) electrons. The van der Waals surface area contributed by atoms with Gasteiger partial charge in [-0.1, -0.05) is 12.1 Å². The van der Waals surface area contributed by atoms with Crippen molar-refractivity contribution in [3.05, 3.63) is 53.3 Å². The molecule has 0 saturated carbocycles. The number of anilines is 1. The van der Waals surface area contributed by atoms with Crippen LogP contribution in [0.15, 0.2) is 42.9 Å². The Kier molecular flexibility index (Phi) is 5.29. The maximum atomic E-state index is 12.9. The Bertz CT molecular complexity index is 1320. The quantitative estimate of drug-likeness (QED) is 0.399. The summed E-state index contributed by atoms with van der Waals surface area (Å²) in [5.41, 5.74) is 2.83. The first-order valence-corrected chi connectivity index (χ1v) is 12.5. The summed E-state index contributed by atoms with van der Waals surface area (Å²) in [5.74, 6) is 0.777. The van der Waals surface area contributed by atoms with E-state index in [-0.39, 0.29) is 0 Å². The number of H-pyrrole nitrogens is 1. The van der Waals surface area contributed by atoms with Gasteiger partial charge in [0.2, 0.25) is 0 Å². The SMILES string of the molecule is FC(F)(F)Cc1cc2c(N3CCC4(CCN(Cc5ccc6cc[nH]c6c5)C4)CC3)ncnc2s1. The van der Waals surface area contributed by atoms with Crippen LogP contribution in [0, 0.1) is 5.41 Å². The van der Waals surface area contributed by atoms with E-state index >= 15 is 0 Å². The number of halogens is 3. The molecule has 5 nitrogen and oxygen atoms in total. The summed E-state index contributed by atoms with van der Waals surface area (Å²) in [6.07, 6.45) is 1.67. The minimum absolute atomic E-state index is 0.293. The third-order valence-electron chi connectivity index (χ3n) is 7.40. The van der Waals surface area contributed by atoms with Crippen LogP contribution in [0.3, 0.4) is 0 Å². The second-order valence-electron chi connectivity index (χ2n) is 9.77. The van der Waals surface area contributed by atoms with Crippen molar-refractivity contribution < 1.29 is 13.2 Å². The fourth-order valence-corrected chi connectivity index (χ4v) is 6.67. The molecule has 3 aromatic heterocycles. The van der Waals surface area contributed by atoms with Crippen molar-refractivity contribution in [1.82, 2.24) is 19.9 Å². The molecule has 2 fully saturated rings. The molecule has 0 aliphatic carbocycles. The van der Waals surface area contributed by atoms with Crippen LogP contribution in [-0.2, 0) is 13.0 Å². The minimum atomic E-state index is -4.21. The summed E-state index contributed by atoms with van der Waals surface area (Å²) in [6.45, 7) is 4.91. The van der Waals surface area contributed by atoms with E-state index < -0.39 is 12.6 Å². The second-order valence-corrected chi connectivity index (χ2v) is 10.9. The Hall–Kier alpha value is -2.65. The van der Waals surface area contributed by atoms with Gasteiger partial charge in [0.05, 0.1) is 11.8 Å². The molecule has 0 amide bonds. The highest BCUT2D eigenvalue weighted by molar-refractivity contribution is 7.18. The maximum absolute atomic E-state index is 12.9. The number of hydrogen-bond donors (Lipinski definition) is 1. The number of aromatic nitrogens is 3. The zero-order valence-electron chi connectivity index (χ0n) is 18.7. The van der Waals surface area contributed by atoms with E-state index in [0.29, 0.717) is 15.1 Å². The zero-order valence-corrected chi connectivity index (χ0v) is 19.6. The number of nitrogens with one attached hydrogen (secondary N) is 1. The first-order valence-electron chi connectivity index (χ1n) is 11.7. The first-order chi connectivity index (χ1) is 16.4. The molecule has 5 heterocycles. The van der Waals surface area contributed by atoms with E-state index in [4.69, 9.17) is 0 Å². The largest absolute Gasteiger partial charge is 0.393 e. The van der Waals surface area contributed by atoms with E-state index in [1.54, 1.807) is 6.07 Å². The van der Waals surface area contributed by atoms with Gasteiger partial charge in [-0.05, 0) is 60.4 Å². The van der Waals surface area contributed by atoms with Crippen LogP contribution < -0.4 is 4.90 Å². The number of nitrogens with zero attached hydrogens (tertiary/aromatic N) is 4. The van der Waals surface area contributed by atoms with Crippen molar-refractivity contribution in [2.45, 2.75) is 38.4 Å². The lowest BCUT2D eigenvalue weighted by molar-refractivity contribution is -0.126. The Labute approximate surface area is 199 Å². The standard InChI is InChI=1S/C25H26F3N5S/c26-25(27,28)13-19-12-20-22(30-16-31-23(20)34-19)33-9-5-24(6-10-33)4-8-32(15-24)14-17-1-2-18-3-7-29-21(18)11-17/h1-3,7,11-12,16,29H,4-6,8-10,13-15H2. The van der Waals surface area contributed by atoms with Crippen molar-refractivity contribution in [3.63, 3.8) is 0 Å². The number of thiophene rings is 1. The van der Waals surface area contributed by atoms with Crippen LogP contribution in [0.1, 0.15) is 29.7 Å². The average Bonchev–Trinajstić information content (AvgIpc) is 3.51. The molecule has 1 aromatic carbocycles. The maximum Gasteiger partial charge on any atom is 0.393 e. The lowest BCUT2D eigenvalue weighted by Crippen LogP contribution is -2.42. The highest BCUT2D eigenvalue weighted by Crippen LogP contribution is 2.43. The molecule has 6 rings (SSSR count). The van der Waals surface area contributed by atoms with E-state index in [1.165, 1.54) is 29.2 Å². The highest BCUT2D eigenvalue weighted by atomic mass is 32.1. The molecular formula is C25H26F3N5S. The van der Waals surface area contributed by atoms with E-state index in [0.717, 1.165) is 68.1 Å². The van der Waals surface area contributed by atoms with Crippen LogP contribution in [0.5, 0.6) is 0 Å². The van der Waals surface area contributed by atoms with Crippen molar-refractivity contribution >= 4 is 38.3 Å². The monoisotopic (exact) mass is 485 g/mol. The average molecular weight is 486 g/mol. The van der Waals surface area contributed by atoms with Crippen LogP contribution >= 0.6 is 11.3 Å². The van der Waals surface area contributed by atoms with Crippen molar-refractivity contribution in [3.8, 4) is 0 Å². The summed E-state index contributed by atoms with van der Waals surface area (Å²) in [7, 11) is 0. The first kappa shape index (κ1) is 21.9. The topological polar surface area (TPSA) is 48.0 Å². The molecule has 2 saturated heterocycles. The number of rotatable bonds is 4. The zero-order chi connectivity index (χ0) is 23.3. The van der Waals surface area contributed by atoms with Gasteiger partial charge in [-0.25, -0.2) is 9.97 Å². The molecule has 0 unspecified atom stereocenters. The van der Waals surface area contributed by atoms with Gasteiger partial charge in [-0.15, -0.1) is 11.3 Å². The van der Waals surface area contributed by atoms with Gasteiger partial charge in [0, 0.05) is 42.8 Å². The number of alkyl halides is 3. The van der Waals surface area contributed by atoms with Crippen molar-refractivity contribution in [2.75, 3.05) is 31.1 Å². The fraction of sp³-hybridized carbons (Fsp3) is 0.440. The Morgan fingerprint density at radius 3 is 2.68 bits per heavy atom. The van der Waals surface area contributed by atoms with Gasteiger partial charge in [0.25, 0.3) is 0 Å². The minimum Gasteiger partial charge on any atom is -0.361 e. The summed E-state index contributed by atoms with van der Waals surface area (Å²) in [4.78, 5) is 17.7. The molecule has 2 aliphatic heterocycles. The second kappa shape index (κ2) is 8.23. The van der Waals surface area contributed by atoms with Gasteiger partial charge in [-0.2, -0.15) is 13.2 Å². The molecule has 0 bridgehead atoms. The third kappa shape index (κ3) is 4.27. The lowest BCUT2D eigenvalue weighted by Gasteiger charge is -2.40. The van der Waals surface area contributed by atoms with Gasteiger partial charge < -0.3 is 9.88 Å². The van der Waals surface area contributed by atoms with Crippen molar-refractivity contribution in [1.29, 1.82) is 0 Å². The van der Waals surface area contributed by atoms with Gasteiger partial charge in [-0.3, -0.25) is 4.90 Å². The molecule has 1 N–H and O–H groups in total. The normalized spacial score (nSPS) is 19.1. The van der Waals surface area contributed by atoms with Gasteiger partial charge in [0.15, 0.2) is 0 Å². The van der Waals surface area contributed by atoms with E-state index in [1.807, 2.05) is 6.20 Å². The lowest BCUT2D eigenvalue weighted by atomic mass is 9.78. The van der Waals surface area contributed by atoms with Crippen molar-refractivity contribution in [2.24, 2.45) is 5.41 Å². The molecule has 4 aromatic rings. The van der Waals surface area contributed by atoms with Gasteiger partial charge >= 0.3 is 6.18 Å². The molecule has 34 heavy (non-hydrogen) atoms. The summed E-state index contributed by atoms with van der Waals surface area (Å²) < 4.78 is 38.6. The van der Waals surface area contributed by atoms with E-state index in [2.05, 4.69) is 49.0 Å². The number of likely N-dealkylation sites (tertiary alicyclic amines) is 1.